The highest BCUT2D eigenvalue weighted by atomic mass is 32.9. The van der Waals surface area contributed by atoms with Crippen LogP contribution < -0.4 is 11.5 Å². The van der Waals surface area contributed by atoms with Crippen LogP contribution in [-0.2, 0) is 60.5 Å². The van der Waals surface area contributed by atoms with E-state index in [1.54, 1.807) is 54.0 Å². The van der Waals surface area contributed by atoms with Gasteiger partial charge in [-0.2, -0.15) is 20.7 Å². The average Bonchev–Trinajstić information content (AvgIpc) is 4.08. The normalized spacial score (nSPS) is 38.8. The summed E-state index contributed by atoms with van der Waals surface area (Å²) < 4.78 is 52.6. The lowest BCUT2D eigenvalue weighted by Crippen LogP contribution is -2.40. The number of fused-ring (bicyclic) bond motifs is 5. The van der Waals surface area contributed by atoms with Gasteiger partial charge in [-0.05, 0) is 103 Å². The van der Waals surface area contributed by atoms with E-state index in [0.29, 0.717) is 40.0 Å². The minimum absolute atomic E-state index is 0.0199. The fraction of sp³-hybridized carbons (Fsp3) is 0.600. The zero-order valence-corrected chi connectivity index (χ0v) is 37.6. The van der Waals surface area contributed by atoms with Crippen LogP contribution in [-0.4, -0.2) is 107 Å². The fourth-order valence-corrected chi connectivity index (χ4v) is 16.7. The number of aromatic nitrogens is 6. The van der Waals surface area contributed by atoms with E-state index in [-0.39, 0.29) is 24.1 Å². The number of nitrogen functional groups attached to an aromatic ring is 2. The molecule has 0 bridgehead atoms. The summed E-state index contributed by atoms with van der Waals surface area (Å²) in [5.74, 6) is -0.766. The minimum atomic E-state index is -2.66. The van der Waals surface area contributed by atoms with Gasteiger partial charge in [-0.15, -0.1) is 0 Å². The van der Waals surface area contributed by atoms with Gasteiger partial charge in [0.15, 0.2) is 23.2 Å². The first-order valence-electron chi connectivity index (χ1n) is 20.3. The standard InChI is InChI=1S/C25H32N5O5PS2.C15H17N5O4/c1-14(2)15-8-9-24(5)19(10-15)35-36(37,38-24)31-11-17-20-21(34-23(3,4)33-20)25(12-26,32-17)18-7-6-16-22(27)28-13-29-30(16)18;1-14(2)23-11-9(5-21)22-15(6-16,12(11)24-14)10-4-3-8-13(17)18-7-19-20(8)10/h6-7,13,15,17,19-21H,1,8-11H2,2-5H3,(H2,27,28,29);3-4,7,9,11-12,21H,5H2,1-2H3,(H2,17,18,19)/t15-,17+,19+,20+,21+,24+,25-,36-;9-,11-,12-,15+/m01/s1. The van der Waals surface area contributed by atoms with Crippen molar-refractivity contribution in [3.05, 3.63) is 60.5 Å². The van der Waals surface area contributed by atoms with Gasteiger partial charge in [0, 0.05) is 4.75 Å². The maximum Gasteiger partial charge on any atom is 0.248 e. The van der Waals surface area contributed by atoms with Gasteiger partial charge in [0.05, 0.1) is 30.7 Å². The summed E-state index contributed by atoms with van der Waals surface area (Å²) in [5.41, 5.74) is 9.54. The van der Waals surface area contributed by atoms with Gasteiger partial charge in [-0.25, -0.2) is 19.0 Å². The van der Waals surface area contributed by atoms with Gasteiger partial charge >= 0.3 is 0 Å². The van der Waals surface area contributed by atoms with Crippen LogP contribution >= 0.6 is 17.1 Å². The van der Waals surface area contributed by atoms with Crippen LogP contribution in [0, 0.1) is 28.6 Å². The van der Waals surface area contributed by atoms with Crippen molar-refractivity contribution in [1.29, 1.82) is 10.5 Å². The summed E-state index contributed by atoms with van der Waals surface area (Å²) >= 11 is 7.63. The van der Waals surface area contributed by atoms with E-state index >= 15 is 0 Å². The number of aliphatic hydroxyl groups is 1. The molecule has 9 heterocycles. The van der Waals surface area contributed by atoms with Crippen LogP contribution in [0.15, 0.2) is 49.1 Å². The average molecular weight is 909 g/mol. The monoisotopic (exact) mass is 908 g/mol. The van der Waals surface area contributed by atoms with Crippen molar-refractivity contribution >= 4 is 51.6 Å². The molecule has 5 aliphatic heterocycles. The lowest BCUT2D eigenvalue weighted by atomic mass is 9.77. The van der Waals surface area contributed by atoms with Crippen molar-refractivity contribution in [1.82, 2.24) is 29.2 Å². The molecular formula is C40H49N10O9PS2. The van der Waals surface area contributed by atoms with Crippen LogP contribution in [0.1, 0.15) is 72.2 Å². The number of hydrogen-bond donors (Lipinski definition) is 3. The minimum Gasteiger partial charge on any atom is -0.394 e. The van der Waals surface area contributed by atoms with Crippen molar-refractivity contribution in [2.75, 3.05) is 24.7 Å². The summed E-state index contributed by atoms with van der Waals surface area (Å²) in [5, 5.41) is 38.7. The molecule has 0 radical (unpaired) electrons. The van der Waals surface area contributed by atoms with Crippen molar-refractivity contribution in [3.8, 4) is 12.1 Å². The van der Waals surface area contributed by atoms with Gasteiger partial charge in [-0.1, -0.05) is 23.5 Å². The molecule has 0 unspecified atom stereocenters. The lowest BCUT2D eigenvalue weighted by Gasteiger charge is -2.37. The van der Waals surface area contributed by atoms with Gasteiger partial charge in [0.1, 0.15) is 72.5 Å². The molecular weight excluding hydrogens is 860 g/mol. The Kier molecular flexibility index (Phi) is 10.6. The zero-order chi connectivity index (χ0) is 44.2. The Morgan fingerprint density at radius 1 is 0.887 bits per heavy atom. The molecule has 22 heteroatoms. The number of anilines is 2. The topological polar surface area (TPSA) is 254 Å². The molecule has 5 saturated heterocycles. The first-order chi connectivity index (χ1) is 29.3. The van der Waals surface area contributed by atoms with Crippen LogP contribution in [0.3, 0.4) is 0 Å². The van der Waals surface area contributed by atoms with Gasteiger partial charge in [-0.3, -0.25) is 0 Å². The smallest absolute Gasteiger partial charge is 0.248 e. The third kappa shape index (κ3) is 6.93. The first-order valence-corrected chi connectivity index (χ1v) is 24.3. The number of nitriles is 2. The Labute approximate surface area is 366 Å². The molecule has 62 heavy (non-hydrogen) atoms. The first kappa shape index (κ1) is 43.5. The SMILES string of the molecule is C=C(C)[C@H]1CC[C@@]2(C)S[P@@](=S)(OC[C@H]3O[C@@](C#N)(c4ccc5c(N)ncnn45)[C@@H]4OC(C)(C)O[C@@H]43)O[C@@H]2C1.CC1(C)O[C@H]2[C@@H](O1)[C@](C#N)(c1ccc3c(N)ncnn13)O[C@@H]2CO. The fourth-order valence-electron chi connectivity index (χ4n) is 9.55. The van der Waals surface area contributed by atoms with Gasteiger partial charge < -0.3 is 54.0 Å². The summed E-state index contributed by atoms with van der Waals surface area (Å²) in [4.78, 5) is 7.99. The van der Waals surface area contributed by atoms with E-state index in [0.717, 1.165) is 19.3 Å². The molecule has 1 aliphatic carbocycles. The maximum absolute atomic E-state index is 10.5. The predicted molar refractivity (Wildman–Crippen MR) is 227 cm³/mol. The maximum atomic E-state index is 10.5. The third-order valence-corrected chi connectivity index (χ3v) is 18.4. The number of ether oxygens (including phenoxy) is 6. The number of aliphatic hydroxyl groups excluding tert-OH is 1. The number of nitrogens with zero attached hydrogens (tertiary/aromatic N) is 8. The molecule has 10 rings (SSSR count). The number of rotatable bonds is 7. The predicted octanol–water partition coefficient (Wildman–Crippen LogP) is 4.40. The van der Waals surface area contributed by atoms with Crippen LogP contribution in [0.25, 0.3) is 11.0 Å². The van der Waals surface area contributed by atoms with Crippen molar-refractivity contribution < 1.29 is 42.6 Å². The molecule has 19 nitrogen and oxygen atoms in total. The summed E-state index contributed by atoms with van der Waals surface area (Å²) in [6.45, 7) is 15.4. The summed E-state index contributed by atoms with van der Waals surface area (Å²) in [6, 6.07) is 11.5. The van der Waals surface area contributed by atoms with E-state index in [9.17, 15) is 15.6 Å². The van der Waals surface area contributed by atoms with Crippen molar-refractivity contribution in [3.63, 3.8) is 0 Å². The zero-order valence-electron chi connectivity index (χ0n) is 35.0. The van der Waals surface area contributed by atoms with E-state index in [4.69, 9.17) is 60.7 Å². The molecule has 5 N–H and O–H groups in total. The van der Waals surface area contributed by atoms with Crippen LogP contribution in [0.5, 0.6) is 0 Å². The quantitative estimate of drug-likeness (QED) is 0.172. The highest BCUT2D eigenvalue weighted by Gasteiger charge is 2.67. The van der Waals surface area contributed by atoms with E-state index in [2.05, 4.69) is 52.7 Å². The molecule has 4 aromatic rings. The Balaban J connectivity index is 0.000000175. The second-order valence-electron chi connectivity index (χ2n) is 17.6. The molecule has 0 amide bonds. The largest absolute Gasteiger partial charge is 0.394 e. The van der Waals surface area contributed by atoms with E-state index in [1.807, 2.05) is 13.8 Å². The molecule has 6 aliphatic rings. The molecule has 0 aromatic carbocycles. The second kappa shape index (κ2) is 15.2. The highest BCUT2D eigenvalue weighted by molar-refractivity contribution is 8.68. The van der Waals surface area contributed by atoms with E-state index < -0.39 is 65.1 Å². The molecule has 0 spiro atoms. The summed E-state index contributed by atoms with van der Waals surface area (Å²) in [7, 11) is 0. The summed E-state index contributed by atoms with van der Waals surface area (Å²) in [6.07, 6.45) is 1.81. The highest BCUT2D eigenvalue weighted by Crippen LogP contribution is 2.75. The van der Waals surface area contributed by atoms with Crippen molar-refractivity contribution in [2.24, 2.45) is 5.92 Å². The number of nitrogens with two attached hydrogens (primary N) is 2. The van der Waals surface area contributed by atoms with Gasteiger partial charge in [0.25, 0.3) is 0 Å². The van der Waals surface area contributed by atoms with E-state index in [1.165, 1.54) is 22.7 Å². The number of hydrogen-bond acceptors (Lipinski definition) is 19. The third-order valence-electron chi connectivity index (χ3n) is 12.5. The molecule has 4 aromatic heterocycles. The van der Waals surface area contributed by atoms with Crippen molar-refractivity contribution in [2.45, 2.75) is 131 Å². The molecule has 12 atom stereocenters. The Hall–Kier alpha value is -3.80. The van der Waals surface area contributed by atoms with Gasteiger partial charge in [0.2, 0.25) is 16.9 Å². The Morgan fingerprint density at radius 3 is 1.90 bits per heavy atom. The Morgan fingerprint density at radius 2 is 1.40 bits per heavy atom. The molecule has 6 fully saturated rings. The second-order valence-corrected chi connectivity index (χ2v) is 24.2. The number of allylic oxidation sites excluding steroid dienone is 1. The molecule has 330 valence electrons. The lowest BCUT2D eigenvalue weighted by molar-refractivity contribution is -0.204. The molecule has 1 saturated carbocycles. The van der Waals surface area contributed by atoms with Crippen LogP contribution in [0.2, 0.25) is 0 Å². The Bertz CT molecular complexity index is 2580. The van der Waals surface area contributed by atoms with Crippen LogP contribution in [0.4, 0.5) is 11.6 Å².